The van der Waals surface area contributed by atoms with E-state index in [1.165, 1.54) is 22.6 Å². The molecule has 1 fully saturated rings. The Morgan fingerprint density at radius 1 is 0.905 bits per heavy atom. The number of rotatable bonds is 3. The largest absolute Gasteiger partial charge is 0.726 e. The fourth-order valence-electron chi connectivity index (χ4n) is 1.96. The number of benzene rings is 2. The third-order valence-electron chi connectivity index (χ3n) is 2.85. The van der Waals surface area contributed by atoms with Crippen LogP contribution in [0.25, 0.3) is 0 Å². The first-order chi connectivity index (χ1) is 9.95. The summed E-state index contributed by atoms with van der Waals surface area (Å²) in [6.45, 7) is 0. The minimum atomic E-state index is -4.92. The summed E-state index contributed by atoms with van der Waals surface area (Å²) in [6.07, 6.45) is 2.79. The molecular formula is C15H16O4S2. The molecule has 0 bridgehead atoms. The Bertz CT molecular complexity index is 605. The predicted molar refractivity (Wildman–Crippen MR) is 82.1 cm³/mol. The van der Waals surface area contributed by atoms with Crippen LogP contribution in [0.2, 0.25) is 0 Å². The summed E-state index contributed by atoms with van der Waals surface area (Å²) in [5, 5.41) is 0.893. The van der Waals surface area contributed by atoms with Gasteiger partial charge in [0.25, 0.3) is 0 Å². The molecular weight excluding hydrogens is 308 g/mol. The molecule has 0 unspecified atom stereocenters. The first-order valence-electron chi connectivity index (χ1n) is 6.46. The van der Waals surface area contributed by atoms with Crippen molar-refractivity contribution in [2.45, 2.75) is 27.9 Å². The van der Waals surface area contributed by atoms with E-state index in [1.54, 1.807) is 0 Å². The molecule has 4 nitrogen and oxygen atoms in total. The van der Waals surface area contributed by atoms with E-state index in [4.69, 9.17) is 17.5 Å². The third-order valence-corrected chi connectivity index (χ3v) is 5.55. The fraction of sp³-hybridized carbons (Fsp3) is 0.200. The zero-order chi connectivity index (χ0) is 15.3. The molecule has 0 aromatic heterocycles. The quantitative estimate of drug-likeness (QED) is 0.535. The SMILES string of the molecule is O=S(=O)([O-])O.c1ccc([S+](c2ccccc2)C2CC2)cc1. The molecule has 1 saturated carbocycles. The van der Waals surface area contributed by atoms with E-state index in [0.717, 1.165) is 5.25 Å². The van der Waals surface area contributed by atoms with Gasteiger partial charge in [-0.05, 0) is 24.3 Å². The van der Waals surface area contributed by atoms with Crippen molar-refractivity contribution in [2.24, 2.45) is 0 Å². The molecule has 1 aliphatic carbocycles. The first-order valence-corrected chi connectivity index (χ1v) is 9.12. The Labute approximate surface area is 127 Å². The van der Waals surface area contributed by atoms with Crippen molar-refractivity contribution in [3.63, 3.8) is 0 Å². The predicted octanol–water partition coefficient (Wildman–Crippen LogP) is 2.89. The second-order valence-electron chi connectivity index (χ2n) is 4.59. The summed E-state index contributed by atoms with van der Waals surface area (Å²) < 4.78 is 32.8. The Hall–Kier alpha value is -1.34. The molecule has 0 radical (unpaired) electrons. The van der Waals surface area contributed by atoms with Gasteiger partial charge in [0.2, 0.25) is 10.4 Å². The lowest BCUT2D eigenvalue weighted by Gasteiger charge is -2.06. The molecule has 112 valence electrons. The van der Waals surface area contributed by atoms with Gasteiger partial charge in [-0.1, -0.05) is 36.4 Å². The minimum absolute atomic E-state index is 0.308. The molecule has 21 heavy (non-hydrogen) atoms. The molecule has 1 aliphatic rings. The van der Waals surface area contributed by atoms with Gasteiger partial charge < -0.3 is 4.55 Å². The van der Waals surface area contributed by atoms with Crippen molar-refractivity contribution in [3.05, 3.63) is 60.7 Å². The summed E-state index contributed by atoms with van der Waals surface area (Å²) in [7, 11) is -4.61. The van der Waals surface area contributed by atoms with Crippen LogP contribution in [0.5, 0.6) is 0 Å². The normalized spacial score (nSPS) is 14.4. The van der Waals surface area contributed by atoms with Gasteiger partial charge in [-0.25, -0.2) is 8.42 Å². The van der Waals surface area contributed by atoms with Gasteiger partial charge in [-0.2, -0.15) is 0 Å². The summed E-state index contributed by atoms with van der Waals surface area (Å²) in [4.78, 5) is 2.99. The van der Waals surface area contributed by atoms with Crippen molar-refractivity contribution >= 4 is 21.3 Å². The number of hydrogen-bond acceptors (Lipinski definition) is 3. The lowest BCUT2D eigenvalue weighted by molar-refractivity contribution is 0.366. The molecule has 0 saturated heterocycles. The third kappa shape index (κ3) is 5.89. The molecule has 0 atom stereocenters. The number of hydrogen-bond donors (Lipinski definition) is 1. The first kappa shape index (κ1) is 16.0. The highest BCUT2D eigenvalue weighted by Crippen LogP contribution is 2.39. The van der Waals surface area contributed by atoms with Crippen molar-refractivity contribution in [2.75, 3.05) is 0 Å². The van der Waals surface area contributed by atoms with E-state index in [0.29, 0.717) is 10.9 Å². The van der Waals surface area contributed by atoms with Crippen LogP contribution in [0.3, 0.4) is 0 Å². The van der Waals surface area contributed by atoms with E-state index in [-0.39, 0.29) is 0 Å². The van der Waals surface area contributed by atoms with Crippen LogP contribution < -0.4 is 0 Å². The molecule has 1 N–H and O–H groups in total. The van der Waals surface area contributed by atoms with Crippen LogP contribution >= 0.6 is 0 Å². The smallest absolute Gasteiger partial charge is 0.215 e. The zero-order valence-electron chi connectivity index (χ0n) is 11.3. The lowest BCUT2D eigenvalue weighted by atomic mass is 10.4. The molecule has 2 aromatic carbocycles. The van der Waals surface area contributed by atoms with Gasteiger partial charge in [-0.15, -0.1) is 0 Å². The van der Waals surface area contributed by atoms with E-state index in [2.05, 4.69) is 60.7 Å². The van der Waals surface area contributed by atoms with E-state index < -0.39 is 10.4 Å². The Morgan fingerprint density at radius 2 is 1.24 bits per heavy atom. The highest BCUT2D eigenvalue weighted by atomic mass is 32.3. The average Bonchev–Trinajstić information content (AvgIpc) is 3.24. The zero-order valence-corrected chi connectivity index (χ0v) is 12.9. The van der Waals surface area contributed by atoms with Crippen LogP contribution in [-0.4, -0.2) is 22.8 Å². The second kappa shape index (κ2) is 7.09. The highest BCUT2D eigenvalue weighted by molar-refractivity contribution is 7.97. The van der Waals surface area contributed by atoms with Crippen molar-refractivity contribution < 1.29 is 17.5 Å². The van der Waals surface area contributed by atoms with Crippen LogP contribution in [0.4, 0.5) is 0 Å². The van der Waals surface area contributed by atoms with Gasteiger partial charge in [0.15, 0.2) is 9.79 Å². The van der Waals surface area contributed by atoms with Crippen LogP contribution in [0.1, 0.15) is 12.8 Å². The maximum absolute atomic E-state index is 8.63. The fourth-order valence-corrected chi connectivity index (χ4v) is 4.51. The van der Waals surface area contributed by atoms with E-state index in [9.17, 15) is 0 Å². The molecule has 3 rings (SSSR count). The summed E-state index contributed by atoms with van der Waals surface area (Å²) in [6, 6.07) is 21.9. The van der Waals surface area contributed by atoms with Crippen LogP contribution in [0.15, 0.2) is 70.5 Å². The van der Waals surface area contributed by atoms with E-state index in [1.807, 2.05) is 0 Å². The van der Waals surface area contributed by atoms with Crippen LogP contribution in [0, 0.1) is 0 Å². The van der Waals surface area contributed by atoms with Crippen LogP contribution in [-0.2, 0) is 21.3 Å². The average molecular weight is 324 g/mol. The molecule has 0 amide bonds. The maximum Gasteiger partial charge on any atom is 0.215 e. The van der Waals surface area contributed by atoms with Crippen molar-refractivity contribution in [1.82, 2.24) is 0 Å². The second-order valence-corrected chi connectivity index (χ2v) is 7.73. The minimum Gasteiger partial charge on any atom is -0.726 e. The monoisotopic (exact) mass is 324 g/mol. The van der Waals surface area contributed by atoms with Gasteiger partial charge >= 0.3 is 0 Å². The lowest BCUT2D eigenvalue weighted by Crippen LogP contribution is -2.08. The maximum atomic E-state index is 8.63. The summed E-state index contributed by atoms with van der Waals surface area (Å²) in [5.41, 5.74) is 0. The van der Waals surface area contributed by atoms with Gasteiger partial charge in [0.1, 0.15) is 5.25 Å². The Kier molecular flexibility index (Phi) is 5.41. The van der Waals surface area contributed by atoms with Gasteiger partial charge in [0, 0.05) is 12.8 Å². The Balaban J connectivity index is 0.000000282. The molecule has 0 spiro atoms. The molecule has 0 heterocycles. The molecule has 2 aromatic rings. The molecule has 6 heteroatoms. The van der Waals surface area contributed by atoms with E-state index >= 15 is 0 Å². The standard InChI is InChI=1S/C15H15S.H2O4S/c1-3-7-13(8-4-1)16(15-11-12-15)14-9-5-2-6-10-14;1-5(2,3)4/h1-10,15H,11-12H2;(H2,1,2,3,4)/q+1;/p-1. The van der Waals surface area contributed by atoms with Crippen molar-refractivity contribution in [3.8, 4) is 0 Å². The summed E-state index contributed by atoms with van der Waals surface area (Å²) >= 11 is 0. The van der Waals surface area contributed by atoms with Gasteiger partial charge in [-0.3, -0.25) is 4.55 Å². The Morgan fingerprint density at radius 3 is 1.52 bits per heavy atom. The topological polar surface area (TPSA) is 77.4 Å². The highest BCUT2D eigenvalue weighted by Gasteiger charge is 2.43. The van der Waals surface area contributed by atoms with Crippen molar-refractivity contribution in [1.29, 1.82) is 0 Å². The summed E-state index contributed by atoms with van der Waals surface area (Å²) in [5.74, 6) is 0. The van der Waals surface area contributed by atoms with Gasteiger partial charge in [0.05, 0.1) is 10.9 Å². The molecule has 0 aliphatic heterocycles.